The fourth-order valence-corrected chi connectivity index (χ4v) is 1.99. The standard InChI is InChI=1S/C14H19FN4O/c1-16-7-2-3-14(20)17-8-6-13-18-11-5-4-10(15)9-12(11)19-13/h4-5,9,16H,2-3,6-8H2,1H3,(H,17,20)(H,18,19). The zero-order valence-corrected chi connectivity index (χ0v) is 11.5. The van der Waals surface area contributed by atoms with Gasteiger partial charge in [0, 0.05) is 19.4 Å². The van der Waals surface area contributed by atoms with Gasteiger partial charge in [0.2, 0.25) is 5.91 Å². The third-order valence-corrected chi connectivity index (χ3v) is 3.01. The molecule has 20 heavy (non-hydrogen) atoms. The summed E-state index contributed by atoms with van der Waals surface area (Å²) in [6.07, 6.45) is 1.95. The summed E-state index contributed by atoms with van der Waals surface area (Å²) in [6, 6.07) is 4.44. The Kier molecular flexibility index (Phi) is 5.06. The third kappa shape index (κ3) is 4.03. The number of H-pyrrole nitrogens is 1. The van der Waals surface area contributed by atoms with Gasteiger partial charge in [-0.3, -0.25) is 4.79 Å². The minimum Gasteiger partial charge on any atom is -0.356 e. The van der Waals surface area contributed by atoms with E-state index in [2.05, 4.69) is 20.6 Å². The van der Waals surface area contributed by atoms with E-state index in [0.717, 1.165) is 24.3 Å². The molecule has 0 aliphatic heterocycles. The number of hydrogen-bond donors (Lipinski definition) is 3. The first-order chi connectivity index (χ1) is 9.69. The molecule has 0 unspecified atom stereocenters. The Morgan fingerprint density at radius 2 is 2.25 bits per heavy atom. The number of aromatic nitrogens is 2. The fraction of sp³-hybridized carbons (Fsp3) is 0.429. The quantitative estimate of drug-likeness (QED) is 0.670. The van der Waals surface area contributed by atoms with Crippen molar-refractivity contribution in [3.05, 3.63) is 29.8 Å². The van der Waals surface area contributed by atoms with Crippen LogP contribution in [0, 0.1) is 5.82 Å². The molecule has 0 fully saturated rings. The summed E-state index contributed by atoms with van der Waals surface area (Å²) in [5.74, 6) is 0.508. The summed E-state index contributed by atoms with van der Waals surface area (Å²) in [5.41, 5.74) is 1.42. The summed E-state index contributed by atoms with van der Waals surface area (Å²) in [4.78, 5) is 18.9. The minimum absolute atomic E-state index is 0.0439. The Morgan fingerprint density at radius 1 is 1.40 bits per heavy atom. The van der Waals surface area contributed by atoms with Crippen LogP contribution in [0.5, 0.6) is 0 Å². The number of amides is 1. The molecule has 3 N–H and O–H groups in total. The molecular formula is C14H19FN4O. The number of benzene rings is 1. The maximum atomic E-state index is 13.0. The van der Waals surface area contributed by atoms with Crippen molar-refractivity contribution in [3.8, 4) is 0 Å². The van der Waals surface area contributed by atoms with Gasteiger partial charge < -0.3 is 15.6 Å². The van der Waals surface area contributed by atoms with Crippen LogP contribution in [0.25, 0.3) is 11.0 Å². The number of nitrogens with zero attached hydrogens (tertiary/aromatic N) is 1. The van der Waals surface area contributed by atoms with Crippen LogP contribution in [-0.2, 0) is 11.2 Å². The summed E-state index contributed by atoms with van der Waals surface area (Å²) in [6.45, 7) is 1.36. The van der Waals surface area contributed by atoms with Crippen LogP contribution in [0.4, 0.5) is 4.39 Å². The second-order valence-corrected chi connectivity index (χ2v) is 4.65. The molecule has 108 valence electrons. The van der Waals surface area contributed by atoms with Crippen LogP contribution in [0.2, 0.25) is 0 Å². The lowest BCUT2D eigenvalue weighted by Gasteiger charge is -2.03. The zero-order chi connectivity index (χ0) is 14.4. The van der Waals surface area contributed by atoms with Crippen LogP contribution in [0.3, 0.4) is 0 Å². The topological polar surface area (TPSA) is 69.8 Å². The predicted molar refractivity (Wildman–Crippen MR) is 75.9 cm³/mol. The molecule has 2 aromatic rings. The van der Waals surface area contributed by atoms with Crippen molar-refractivity contribution in [2.24, 2.45) is 0 Å². The number of halogens is 1. The van der Waals surface area contributed by atoms with Crippen LogP contribution in [0.1, 0.15) is 18.7 Å². The van der Waals surface area contributed by atoms with Gasteiger partial charge in [-0.15, -0.1) is 0 Å². The lowest BCUT2D eigenvalue weighted by Crippen LogP contribution is -2.26. The van der Waals surface area contributed by atoms with E-state index in [1.165, 1.54) is 12.1 Å². The zero-order valence-electron chi connectivity index (χ0n) is 11.5. The van der Waals surface area contributed by atoms with Crippen molar-refractivity contribution >= 4 is 16.9 Å². The molecule has 5 nitrogen and oxygen atoms in total. The summed E-state index contributed by atoms with van der Waals surface area (Å²) in [7, 11) is 1.86. The maximum Gasteiger partial charge on any atom is 0.220 e. The Balaban J connectivity index is 1.79. The first-order valence-corrected chi connectivity index (χ1v) is 6.74. The van der Waals surface area contributed by atoms with Gasteiger partial charge in [-0.1, -0.05) is 0 Å². The van der Waals surface area contributed by atoms with Gasteiger partial charge >= 0.3 is 0 Å². The molecule has 1 amide bonds. The normalized spacial score (nSPS) is 10.9. The van der Waals surface area contributed by atoms with Crippen LogP contribution < -0.4 is 10.6 Å². The van der Waals surface area contributed by atoms with Crippen molar-refractivity contribution in [1.82, 2.24) is 20.6 Å². The molecule has 0 saturated carbocycles. The van der Waals surface area contributed by atoms with E-state index in [4.69, 9.17) is 0 Å². The van der Waals surface area contributed by atoms with E-state index in [1.807, 2.05) is 7.05 Å². The van der Waals surface area contributed by atoms with E-state index >= 15 is 0 Å². The second kappa shape index (κ2) is 7.00. The van der Waals surface area contributed by atoms with E-state index in [0.29, 0.717) is 24.9 Å². The molecule has 1 aromatic carbocycles. The summed E-state index contributed by atoms with van der Waals surface area (Å²) in [5, 5.41) is 5.84. The fourth-order valence-electron chi connectivity index (χ4n) is 1.99. The molecule has 0 radical (unpaired) electrons. The molecule has 0 saturated heterocycles. The monoisotopic (exact) mass is 278 g/mol. The molecule has 0 aliphatic carbocycles. The number of carbonyl (C=O) groups excluding carboxylic acids is 1. The summed E-state index contributed by atoms with van der Waals surface area (Å²) < 4.78 is 13.0. The number of rotatable bonds is 7. The molecular weight excluding hydrogens is 259 g/mol. The number of aromatic amines is 1. The lowest BCUT2D eigenvalue weighted by molar-refractivity contribution is -0.121. The van der Waals surface area contributed by atoms with E-state index in [9.17, 15) is 9.18 Å². The van der Waals surface area contributed by atoms with E-state index in [1.54, 1.807) is 6.07 Å². The molecule has 0 spiro atoms. The minimum atomic E-state index is -0.287. The van der Waals surface area contributed by atoms with Crippen molar-refractivity contribution in [1.29, 1.82) is 0 Å². The van der Waals surface area contributed by atoms with Crippen molar-refractivity contribution in [2.75, 3.05) is 20.1 Å². The molecule has 1 aromatic heterocycles. The van der Waals surface area contributed by atoms with Gasteiger partial charge in [-0.2, -0.15) is 0 Å². The number of nitrogens with one attached hydrogen (secondary N) is 3. The maximum absolute atomic E-state index is 13.0. The third-order valence-electron chi connectivity index (χ3n) is 3.01. The highest BCUT2D eigenvalue weighted by Crippen LogP contribution is 2.12. The summed E-state index contributed by atoms with van der Waals surface area (Å²) >= 11 is 0. The predicted octanol–water partition coefficient (Wildman–Crippen LogP) is 1.36. The Hall–Kier alpha value is -1.95. The highest BCUT2D eigenvalue weighted by Gasteiger charge is 2.05. The van der Waals surface area contributed by atoms with Crippen LogP contribution in [-0.4, -0.2) is 36.0 Å². The first-order valence-electron chi connectivity index (χ1n) is 6.74. The Bertz CT molecular complexity index is 582. The largest absolute Gasteiger partial charge is 0.356 e. The smallest absolute Gasteiger partial charge is 0.220 e. The highest BCUT2D eigenvalue weighted by molar-refractivity contribution is 5.76. The van der Waals surface area contributed by atoms with Crippen molar-refractivity contribution in [3.63, 3.8) is 0 Å². The number of fused-ring (bicyclic) bond motifs is 1. The van der Waals surface area contributed by atoms with E-state index < -0.39 is 0 Å². The van der Waals surface area contributed by atoms with Crippen LogP contribution in [0.15, 0.2) is 18.2 Å². The van der Waals surface area contributed by atoms with Crippen molar-refractivity contribution in [2.45, 2.75) is 19.3 Å². The average Bonchev–Trinajstić information content (AvgIpc) is 2.81. The Labute approximate surface area is 117 Å². The highest BCUT2D eigenvalue weighted by atomic mass is 19.1. The molecule has 0 aliphatic rings. The van der Waals surface area contributed by atoms with E-state index in [-0.39, 0.29) is 11.7 Å². The van der Waals surface area contributed by atoms with Gasteiger partial charge in [-0.05, 0) is 38.2 Å². The number of carbonyl (C=O) groups is 1. The molecule has 1 heterocycles. The van der Waals surface area contributed by atoms with Crippen LogP contribution >= 0.6 is 0 Å². The molecule has 0 atom stereocenters. The molecule has 2 rings (SSSR count). The number of hydrogen-bond acceptors (Lipinski definition) is 3. The van der Waals surface area contributed by atoms with Crippen molar-refractivity contribution < 1.29 is 9.18 Å². The number of imidazole rings is 1. The van der Waals surface area contributed by atoms with Gasteiger partial charge in [0.25, 0.3) is 0 Å². The van der Waals surface area contributed by atoms with Gasteiger partial charge in [0.05, 0.1) is 11.0 Å². The van der Waals surface area contributed by atoms with Gasteiger partial charge in [0.1, 0.15) is 11.6 Å². The molecule has 0 bridgehead atoms. The first kappa shape index (κ1) is 14.5. The average molecular weight is 278 g/mol. The SMILES string of the molecule is CNCCCC(=O)NCCc1nc2ccc(F)cc2[nH]1. The molecule has 6 heteroatoms. The Morgan fingerprint density at radius 3 is 3.05 bits per heavy atom. The van der Waals surface area contributed by atoms with Gasteiger partial charge in [-0.25, -0.2) is 9.37 Å². The second-order valence-electron chi connectivity index (χ2n) is 4.65. The lowest BCUT2D eigenvalue weighted by atomic mass is 10.3. The van der Waals surface area contributed by atoms with Gasteiger partial charge in [0.15, 0.2) is 0 Å².